The molecular formula is C12H12ClNO2. The first-order valence-electron chi connectivity index (χ1n) is 5.03. The molecule has 0 amide bonds. The lowest BCUT2D eigenvalue weighted by atomic mass is 10.2. The molecule has 1 aromatic rings. The summed E-state index contributed by atoms with van der Waals surface area (Å²) in [5.41, 5.74) is 0.452. The van der Waals surface area contributed by atoms with Crippen LogP contribution in [0.25, 0.3) is 0 Å². The Morgan fingerprint density at radius 1 is 1.44 bits per heavy atom. The molecule has 0 aliphatic rings. The number of unbranched alkanes of at least 4 members (excludes halogenated alkanes) is 2. The van der Waals surface area contributed by atoms with E-state index >= 15 is 0 Å². The fourth-order valence-electron chi connectivity index (χ4n) is 1.25. The van der Waals surface area contributed by atoms with Gasteiger partial charge in [0.05, 0.1) is 23.3 Å². The molecule has 0 saturated heterocycles. The minimum absolute atomic E-state index is 0.427. The molecule has 3 nitrogen and oxygen atoms in total. The SMILES string of the molecule is N#CCCCCOc1c(Cl)cccc1C=O. The van der Waals surface area contributed by atoms with E-state index in [0.29, 0.717) is 29.4 Å². The lowest BCUT2D eigenvalue weighted by Crippen LogP contribution is -2.00. The molecule has 0 aliphatic heterocycles. The minimum atomic E-state index is 0.427. The van der Waals surface area contributed by atoms with Crippen LogP contribution in [0.2, 0.25) is 5.02 Å². The Balaban J connectivity index is 2.53. The molecule has 0 radical (unpaired) electrons. The summed E-state index contributed by atoms with van der Waals surface area (Å²) in [6.45, 7) is 0.465. The maximum absolute atomic E-state index is 10.7. The molecule has 0 N–H and O–H groups in total. The van der Waals surface area contributed by atoms with Crippen LogP contribution in [0.1, 0.15) is 29.6 Å². The van der Waals surface area contributed by atoms with Gasteiger partial charge in [-0.05, 0) is 25.0 Å². The first-order chi connectivity index (χ1) is 7.79. The number of nitrogens with zero attached hydrogens (tertiary/aromatic N) is 1. The highest BCUT2D eigenvalue weighted by Gasteiger charge is 2.06. The summed E-state index contributed by atoms with van der Waals surface area (Å²) < 4.78 is 5.43. The van der Waals surface area contributed by atoms with E-state index < -0.39 is 0 Å². The Labute approximate surface area is 99.6 Å². The van der Waals surface area contributed by atoms with E-state index in [4.69, 9.17) is 21.6 Å². The molecule has 0 aromatic heterocycles. The highest BCUT2D eigenvalue weighted by molar-refractivity contribution is 6.32. The van der Waals surface area contributed by atoms with Crippen molar-refractivity contribution in [3.63, 3.8) is 0 Å². The lowest BCUT2D eigenvalue weighted by molar-refractivity contribution is 0.111. The second kappa shape index (κ2) is 6.86. The van der Waals surface area contributed by atoms with Gasteiger partial charge < -0.3 is 4.74 Å². The van der Waals surface area contributed by atoms with E-state index in [2.05, 4.69) is 6.07 Å². The van der Waals surface area contributed by atoms with Crippen LogP contribution in [0.5, 0.6) is 5.75 Å². The molecule has 84 valence electrons. The van der Waals surface area contributed by atoms with Crippen molar-refractivity contribution >= 4 is 17.9 Å². The van der Waals surface area contributed by atoms with Gasteiger partial charge in [-0.2, -0.15) is 5.26 Å². The van der Waals surface area contributed by atoms with Crippen LogP contribution in [0.4, 0.5) is 0 Å². The summed E-state index contributed by atoms with van der Waals surface area (Å²) in [6, 6.07) is 7.10. The molecular weight excluding hydrogens is 226 g/mol. The van der Waals surface area contributed by atoms with E-state index in [1.807, 2.05) is 0 Å². The Kier molecular flexibility index (Phi) is 5.38. The van der Waals surface area contributed by atoms with Gasteiger partial charge in [-0.25, -0.2) is 0 Å². The Bertz CT molecular complexity index is 398. The third-order valence-corrected chi connectivity index (χ3v) is 2.35. The van der Waals surface area contributed by atoms with Gasteiger partial charge in [0.2, 0.25) is 0 Å². The maximum atomic E-state index is 10.7. The molecule has 0 saturated carbocycles. The molecule has 0 spiro atoms. The Hall–Kier alpha value is -1.53. The predicted molar refractivity (Wildman–Crippen MR) is 61.8 cm³/mol. The van der Waals surface area contributed by atoms with Crippen molar-refractivity contribution in [2.24, 2.45) is 0 Å². The summed E-state index contributed by atoms with van der Waals surface area (Å²) in [5.74, 6) is 0.427. The number of aldehydes is 1. The van der Waals surface area contributed by atoms with Crippen molar-refractivity contribution in [3.8, 4) is 11.8 Å². The monoisotopic (exact) mass is 237 g/mol. The number of halogens is 1. The molecule has 16 heavy (non-hydrogen) atoms. The van der Waals surface area contributed by atoms with Gasteiger partial charge in [-0.3, -0.25) is 4.79 Å². The fourth-order valence-corrected chi connectivity index (χ4v) is 1.49. The molecule has 0 heterocycles. The van der Waals surface area contributed by atoms with Gasteiger partial charge in [0, 0.05) is 6.42 Å². The highest BCUT2D eigenvalue weighted by Crippen LogP contribution is 2.27. The topological polar surface area (TPSA) is 50.1 Å². The lowest BCUT2D eigenvalue weighted by Gasteiger charge is -2.09. The maximum Gasteiger partial charge on any atom is 0.153 e. The van der Waals surface area contributed by atoms with E-state index in [0.717, 1.165) is 19.1 Å². The van der Waals surface area contributed by atoms with Crippen LogP contribution in [0.3, 0.4) is 0 Å². The summed E-state index contributed by atoms with van der Waals surface area (Å²) >= 11 is 5.91. The fraction of sp³-hybridized carbons (Fsp3) is 0.333. The third kappa shape index (κ3) is 3.56. The van der Waals surface area contributed by atoms with E-state index in [9.17, 15) is 4.79 Å². The Morgan fingerprint density at radius 3 is 2.94 bits per heavy atom. The number of carbonyl (C=O) groups is 1. The van der Waals surface area contributed by atoms with Gasteiger partial charge in [0.1, 0.15) is 5.75 Å². The van der Waals surface area contributed by atoms with Gasteiger partial charge >= 0.3 is 0 Å². The summed E-state index contributed by atoms with van der Waals surface area (Å²) in [6.07, 6.45) is 2.80. The standard InChI is InChI=1S/C12H12ClNO2/c13-11-6-4-5-10(9-15)12(11)16-8-3-1-2-7-14/h4-6,9H,1-3,8H2. The average molecular weight is 238 g/mol. The molecule has 0 atom stereocenters. The molecule has 1 rings (SSSR count). The summed E-state index contributed by atoms with van der Waals surface area (Å²) in [5, 5.41) is 8.79. The smallest absolute Gasteiger partial charge is 0.153 e. The van der Waals surface area contributed by atoms with Gasteiger partial charge in [0.25, 0.3) is 0 Å². The number of ether oxygens (including phenoxy) is 1. The van der Waals surface area contributed by atoms with Crippen LogP contribution in [0.15, 0.2) is 18.2 Å². The summed E-state index contributed by atoms with van der Waals surface area (Å²) in [7, 11) is 0. The highest BCUT2D eigenvalue weighted by atomic mass is 35.5. The first-order valence-corrected chi connectivity index (χ1v) is 5.41. The third-order valence-electron chi connectivity index (χ3n) is 2.05. The second-order valence-corrected chi connectivity index (χ2v) is 3.65. The average Bonchev–Trinajstić information content (AvgIpc) is 2.30. The van der Waals surface area contributed by atoms with E-state index in [1.54, 1.807) is 18.2 Å². The zero-order valence-corrected chi connectivity index (χ0v) is 9.54. The zero-order valence-electron chi connectivity index (χ0n) is 8.78. The van der Waals surface area contributed by atoms with Gasteiger partial charge in [-0.15, -0.1) is 0 Å². The summed E-state index contributed by atoms with van der Waals surface area (Å²) in [4.78, 5) is 10.7. The van der Waals surface area contributed by atoms with Crippen molar-refractivity contribution in [1.82, 2.24) is 0 Å². The second-order valence-electron chi connectivity index (χ2n) is 3.24. The van der Waals surface area contributed by atoms with Crippen LogP contribution < -0.4 is 4.74 Å². The van der Waals surface area contributed by atoms with Gasteiger partial charge in [-0.1, -0.05) is 17.7 Å². The quantitative estimate of drug-likeness (QED) is 0.564. The van der Waals surface area contributed by atoms with Crippen LogP contribution in [0, 0.1) is 11.3 Å². The molecule has 0 aliphatic carbocycles. The number of hydrogen-bond acceptors (Lipinski definition) is 3. The molecule has 4 heteroatoms. The predicted octanol–water partition coefficient (Wildman–Crippen LogP) is 3.23. The zero-order chi connectivity index (χ0) is 11.8. The van der Waals surface area contributed by atoms with Crippen LogP contribution in [-0.4, -0.2) is 12.9 Å². The molecule has 0 bridgehead atoms. The minimum Gasteiger partial charge on any atom is -0.491 e. The number of carbonyl (C=O) groups excluding carboxylic acids is 1. The number of rotatable bonds is 6. The molecule has 0 fully saturated rings. The van der Waals surface area contributed by atoms with Gasteiger partial charge in [0.15, 0.2) is 6.29 Å². The molecule has 1 aromatic carbocycles. The first kappa shape index (κ1) is 12.5. The van der Waals surface area contributed by atoms with Crippen molar-refractivity contribution in [1.29, 1.82) is 5.26 Å². The Morgan fingerprint density at radius 2 is 2.25 bits per heavy atom. The van der Waals surface area contributed by atoms with Crippen molar-refractivity contribution in [2.75, 3.05) is 6.61 Å². The van der Waals surface area contributed by atoms with Crippen molar-refractivity contribution in [2.45, 2.75) is 19.3 Å². The largest absolute Gasteiger partial charge is 0.491 e. The van der Waals surface area contributed by atoms with Crippen LogP contribution >= 0.6 is 11.6 Å². The van der Waals surface area contributed by atoms with Crippen LogP contribution in [-0.2, 0) is 0 Å². The number of para-hydroxylation sites is 1. The normalized spacial score (nSPS) is 9.50. The van der Waals surface area contributed by atoms with E-state index in [1.165, 1.54) is 0 Å². The van der Waals surface area contributed by atoms with E-state index in [-0.39, 0.29) is 0 Å². The number of hydrogen-bond donors (Lipinski definition) is 0. The molecule has 0 unspecified atom stereocenters. The van der Waals surface area contributed by atoms with Crippen molar-refractivity contribution in [3.05, 3.63) is 28.8 Å². The number of benzene rings is 1. The number of nitriles is 1. The van der Waals surface area contributed by atoms with Crippen molar-refractivity contribution < 1.29 is 9.53 Å².